The van der Waals surface area contributed by atoms with E-state index in [2.05, 4.69) is 10.2 Å². The predicted molar refractivity (Wildman–Crippen MR) is 97.3 cm³/mol. The molecule has 0 radical (unpaired) electrons. The smallest absolute Gasteiger partial charge is 0.317 e. The van der Waals surface area contributed by atoms with Gasteiger partial charge in [0.15, 0.2) is 11.5 Å². The van der Waals surface area contributed by atoms with Crippen LogP contribution in [-0.4, -0.2) is 56.2 Å². The second kappa shape index (κ2) is 8.62. The van der Waals surface area contributed by atoms with E-state index in [1.54, 1.807) is 20.5 Å². The van der Waals surface area contributed by atoms with Gasteiger partial charge < -0.3 is 24.1 Å². The number of rotatable bonds is 6. The van der Waals surface area contributed by atoms with Crippen molar-refractivity contribution in [1.82, 2.24) is 15.1 Å². The molecule has 140 valence electrons. The fraction of sp³-hybridized carbons (Fsp3) is 0.421. The van der Waals surface area contributed by atoms with Gasteiger partial charge in [-0.05, 0) is 29.8 Å². The van der Waals surface area contributed by atoms with Crippen molar-refractivity contribution in [3.63, 3.8) is 0 Å². The Balaban J connectivity index is 1.47. The summed E-state index contributed by atoms with van der Waals surface area (Å²) in [5.74, 6) is 2.22. The van der Waals surface area contributed by atoms with Crippen molar-refractivity contribution in [1.29, 1.82) is 0 Å². The van der Waals surface area contributed by atoms with Crippen molar-refractivity contribution >= 4 is 6.03 Å². The number of carbonyl (C=O) groups is 1. The minimum Gasteiger partial charge on any atom is -0.493 e. The summed E-state index contributed by atoms with van der Waals surface area (Å²) in [5, 5.41) is 2.89. The van der Waals surface area contributed by atoms with Gasteiger partial charge in [0.25, 0.3) is 0 Å². The fourth-order valence-corrected chi connectivity index (χ4v) is 3.03. The molecule has 7 heteroatoms. The zero-order valence-corrected chi connectivity index (χ0v) is 15.2. The van der Waals surface area contributed by atoms with Crippen LogP contribution in [-0.2, 0) is 13.1 Å². The molecule has 1 saturated heterocycles. The highest BCUT2D eigenvalue weighted by atomic mass is 16.5. The molecule has 2 aromatic rings. The normalized spacial score (nSPS) is 14.9. The average molecular weight is 359 g/mol. The van der Waals surface area contributed by atoms with Crippen molar-refractivity contribution in [3.8, 4) is 11.5 Å². The average Bonchev–Trinajstić information content (AvgIpc) is 3.20. The molecular weight excluding hydrogens is 334 g/mol. The predicted octanol–water partition coefficient (Wildman–Crippen LogP) is 2.32. The maximum absolute atomic E-state index is 12.2. The molecule has 0 atom stereocenters. The standard InChI is InChI=1S/C19H25N3O4/c1-24-17-6-5-15(12-18(17)25-2)14-21-7-9-22(10-8-21)19(23)20-13-16-4-3-11-26-16/h3-6,11-12H,7-10,13-14H2,1-2H3,(H,20,23). The highest BCUT2D eigenvalue weighted by Gasteiger charge is 2.21. The molecular formula is C19H25N3O4. The van der Waals surface area contributed by atoms with Gasteiger partial charge in [0.1, 0.15) is 5.76 Å². The van der Waals surface area contributed by atoms with Gasteiger partial charge in [0, 0.05) is 32.7 Å². The largest absolute Gasteiger partial charge is 0.493 e. The lowest BCUT2D eigenvalue weighted by Gasteiger charge is -2.34. The summed E-state index contributed by atoms with van der Waals surface area (Å²) in [4.78, 5) is 16.4. The number of hydrogen-bond donors (Lipinski definition) is 1. The molecule has 0 unspecified atom stereocenters. The number of methoxy groups -OCH3 is 2. The molecule has 0 saturated carbocycles. The SMILES string of the molecule is COc1ccc(CN2CCN(C(=O)NCc3ccco3)CC2)cc1OC. The van der Waals surface area contributed by atoms with Gasteiger partial charge in [-0.2, -0.15) is 0 Å². The van der Waals surface area contributed by atoms with Crippen LogP contribution in [0, 0.1) is 0 Å². The summed E-state index contributed by atoms with van der Waals surface area (Å²) in [6.07, 6.45) is 1.61. The zero-order valence-electron chi connectivity index (χ0n) is 15.2. The van der Waals surface area contributed by atoms with Crippen molar-refractivity contribution in [2.75, 3.05) is 40.4 Å². The maximum Gasteiger partial charge on any atom is 0.317 e. The van der Waals surface area contributed by atoms with Gasteiger partial charge in [0.05, 0.1) is 27.0 Å². The second-order valence-corrected chi connectivity index (χ2v) is 6.19. The third kappa shape index (κ3) is 4.49. The molecule has 1 aliphatic rings. The van der Waals surface area contributed by atoms with Crippen molar-refractivity contribution in [2.24, 2.45) is 0 Å². The van der Waals surface area contributed by atoms with E-state index in [1.807, 2.05) is 35.2 Å². The quantitative estimate of drug-likeness (QED) is 0.857. The molecule has 26 heavy (non-hydrogen) atoms. The number of amides is 2. The van der Waals surface area contributed by atoms with Crippen LogP contribution in [0.5, 0.6) is 11.5 Å². The van der Waals surface area contributed by atoms with E-state index >= 15 is 0 Å². The summed E-state index contributed by atoms with van der Waals surface area (Å²) >= 11 is 0. The number of nitrogens with one attached hydrogen (secondary N) is 1. The molecule has 1 aromatic carbocycles. The van der Waals surface area contributed by atoms with Gasteiger partial charge in [-0.3, -0.25) is 4.90 Å². The Morgan fingerprint density at radius 1 is 1.12 bits per heavy atom. The van der Waals surface area contributed by atoms with E-state index in [4.69, 9.17) is 13.9 Å². The van der Waals surface area contributed by atoms with Gasteiger partial charge in [-0.15, -0.1) is 0 Å². The number of benzene rings is 1. The van der Waals surface area contributed by atoms with Crippen molar-refractivity contribution in [3.05, 3.63) is 47.9 Å². The van der Waals surface area contributed by atoms with Crippen LogP contribution in [0.25, 0.3) is 0 Å². The Bertz CT molecular complexity index is 710. The maximum atomic E-state index is 12.2. The van der Waals surface area contributed by atoms with E-state index in [1.165, 1.54) is 5.56 Å². The number of furan rings is 1. The first-order valence-electron chi connectivity index (χ1n) is 8.68. The van der Waals surface area contributed by atoms with Gasteiger partial charge in [-0.1, -0.05) is 6.07 Å². The van der Waals surface area contributed by atoms with E-state index < -0.39 is 0 Å². The number of hydrogen-bond acceptors (Lipinski definition) is 5. The highest BCUT2D eigenvalue weighted by Crippen LogP contribution is 2.28. The van der Waals surface area contributed by atoms with Crippen LogP contribution >= 0.6 is 0 Å². The van der Waals surface area contributed by atoms with Crippen LogP contribution in [0.3, 0.4) is 0 Å². The molecule has 1 fully saturated rings. The van der Waals surface area contributed by atoms with E-state index in [-0.39, 0.29) is 6.03 Å². The van der Waals surface area contributed by atoms with Gasteiger partial charge in [0.2, 0.25) is 0 Å². The molecule has 0 spiro atoms. The lowest BCUT2D eigenvalue weighted by atomic mass is 10.1. The minimum atomic E-state index is -0.0489. The Labute approximate surface area is 153 Å². The third-order valence-electron chi connectivity index (χ3n) is 4.51. The summed E-state index contributed by atoms with van der Waals surface area (Å²) in [7, 11) is 3.27. The molecule has 2 amide bonds. The first-order valence-corrected chi connectivity index (χ1v) is 8.68. The van der Waals surface area contributed by atoms with Gasteiger partial charge >= 0.3 is 6.03 Å². The van der Waals surface area contributed by atoms with Crippen LogP contribution in [0.15, 0.2) is 41.0 Å². The Morgan fingerprint density at radius 2 is 1.88 bits per heavy atom. The molecule has 3 rings (SSSR count). The number of ether oxygens (including phenoxy) is 2. The number of urea groups is 1. The minimum absolute atomic E-state index is 0.0489. The molecule has 0 bridgehead atoms. The third-order valence-corrected chi connectivity index (χ3v) is 4.51. The lowest BCUT2D eigenvalue weighted by molar-refractivity contribution is 0.134. The monoisotopic (exact) mass is 359 g/mol. The highest BCUT2D eigenvalue weighted by molar-refractivity contribution is 5.74. The lowest BCUT2D eigenvalue weighted by Crippen LogP contribution is -2.51. The van der Waals surface area contributed by atoms with Crippen molar-refractivity contribution < 1.29 is 18.7 Å². The molecule has 1 N–H and O–H groups in total. The Hall–Kier alpha value is -2.67. The fourth-order valence-electron chi connectivity index (χ4n) is 3.03. The topological polar surface area (TPSA) is 67.2 Å². The molecule has 7 nitrogen and oxygen atoms in total. The van der Waals surface area contributed by atoms with Crippen molar-refractivity contribution in [2.45, 2.75) is 13.1 Å². The number of nitrogens with zero attached hydrogens (tertiary/aromatic N) is 2. The van der Waals surface area contributed by atoms with E-state index in [0.717, 1.165) is 36.9 Å². The Morgan fingerprint density at radius 3 is 2.54 bits per heavy atom. The molecule has 0 aliphatic carbocycles. The summed E-state index contributed by atoms with van der Waals surface area (Å²) in [6.45, 7) is 4.32. The van der Waals surface area contributed by atoms with Crippen LogP contribution in [0.2, 0.25) is 0 Å². The molecule has 2 heterocycles. The number of piperazine rings is 1. The first-order chi connectivity index (χ1) is 12.7. The van der Waals surface area contributed by atoms with Crippen LogP contribution in [0.4, 0.5) is 4.79 Å². The van der Waals surface area contributed by atoms with Crippen LogP contribution in [0.1, 0.15) is 11.3 Å². The molecule has 1 aromatic heterocycles. The van der Waals surface area contributed by atoms with E-state index in [0.29, 0.717) is 19.6 Å². The second-order valence-electron chi connectivity index (χ2n) is 6.19. The summed E-state index contributed by atoms with van der Waals surface area (Å²) in [6, 6.07) is 9.58. The summed E-state index contributed by atoms with van der Waals surface area (Å²) in [5.41, 5.74) is 1.17. The van der Waals surface area contributed by atoms with Crippen LogP contribution < -0.4 is 14.8 Å². The summed E-state index contributed by atoms with van der Waals surface area (Å²) < 4.78 is 15.9. The number of carbonyl (C=O) groups excluding carboxylic acids is 1. The zero-order chi connectivity index (χ0) is 18.4. The van der Waals surface area contributed by atoms with Gasteiger partial charge in [-0.25, -0.2) is 4.79 Å². The Kier molecular flexibility index (Phi) is 6.01. The van der Waals surface area contributed by atoms with E-state index in [9.17, 15) is 4.79 Å². The molecule has 1 aliphatic heterocycles. The first kappa shape index (κ1) is 18.1.